The minimum absolute atomic E-state index is 0.0273. The van der Waals surface area contributed by atoms with E-state index in [1.54, 1.807) is 30.3 Å². The summed E-state index contributed by atoms with van der Waals surface area (Å²) < 4.78 is 31.8. The van der Waals surface area contributed by atoms with Crippen LogP contribution in [0.25, 0.3) is 0 Å². The van der Waals surface area contributed by atoms with Crippen molar-refractivity contribution in [1.29, 1.82) is 0 Å². The van der Waals surface area contributed by atoms with Crippen molar-refractivity contribution in [3.8, 4) is 0 Å². The highest BCUT2D eigenvalue weighted by atomic mass is 32.1. The van der Waals surface area contributed by atoms with E-state index in [0.717, 1.165) is 4.88 Å². The Balaban J connectivity index is 1.54. The zero-order valence-electron chi connectivity index (χ0n) is 15.4. The fraction of sp³-hybridized carbons (Fsp3) is 0.182. The average Bonchev–Trinajstić information content (AvgIpc) is 3.25. The predicted octanol–water partition coefficient (Wildman–Crippen LogP) is 4.41. The molecule has 1 heterocycles. The summed E-state index contributed by atoms with van der Waals surface area (Å²) in [5, 5.41) is 4.68. The maximum atomic E-state index is 13.6. The minimum atomic E-state index is -0.585. The molecule has 150 valence electrons. The molecule has 0 unspecified atom stereocenters. The molecular weight excluding hydrogens is 396 g/mol. The van der Waals surface area contributed by atoms with Crippen LogP contribution >= 0.6 is 11.3 Å². The lowest BCUT2D eigenvalue weighted by Gasteiger charge is -2.18. The van der Waals surface area contributed by atoms with Gasteiger partial charge in [0.2, 0.25) is 0 Å². The van der Waals surface area contributed by atoms with E-state index in [2.05, 4.69) is 5.32 Å². The monoisotopic (exact) mass is 415 g/mol. The van der Waals surface area contributed by atoms with E-state index >= 15 is 0 Å². The van der Waals surface area contributed by atoms with Crippen molar-refractivity contribution < 1.29 is 23.1 Å². The van der Waals surface area contributed by atoms with Crippen LogP contribution in [0.1, 0.15) is 28.5 Å². The number of nitrogens with one attached hydrogen (secondary N) is 1. The summed E-state index contributed by atoms with van der Waals surface area (Å²) in [7, 11) is 0. The summed E-state index contributed by atoms with van der Waals surface area (Å²) in [5.41, 5.74) is 1.14. The number of hydrogen-bond acceptors (Lipinski definition) is 4. The van der Waals surface area contributed by atoms with E-state index in [1.165, 1.54) is 29.5 Å². The zero-order valence-corrected chi connectivity index (χ0v) is 16.3. The number of carbonyl (C=O) groups excluding carboxylic acids is 2. The third kappa shape index (κ3) is 5.96. The molecule has 2 aromatic carbocycles. The molecule has 0 saturated carbocycles. The van der Waals surface area contributed by atoms with Crippen LogP contribution in [-0.2, 0) is 20.7 Å². The van der Waals surface area contributed by atoms with Gasteiger partial charge in [-0.2, -0.15) is 0 Å². The van der Waals surface area contributed by atoms with Crippen LogP contribution in [0.5, 0.6) is 0 Å². The van der Waals surface area contributed by atoms with Gasteiger partial charge in [-0.15, -0.1) is 11.3 Å². The molecule has 0 radical (unpaired) electrons. The van der Waals surface area contributed by atoms with Gasteiger partial charge in [-0.05, 0) is 47.2 Å². The molecule has 0 aliphatic heterocycles. The Morgan fingerprint density at radius 2 is 1.76 bits per heavy atom. The average molecular weight is 415 g/mol. The molecular formula is C22H19F2NO3S. The number of ether oxygens (including phenoxy) is 1. The van der Waals surface area contributed by atoms with Crippen molar-refractivity contribution in [1.82, 2.24) is 5.32 Å². The van der Waals surface area contributed by atoms with E-state index in [4.69, 9.17) is 4.74 Å². The highest BCUT2D eigenvalue weighted by Gasteiger charge is 2.19. The molecule has 0 fully saturated rings. The van der Waals surface area contributed by atoms with Crippen molar-refractivity contribution in [2.45, 2.75) is 18.9 Å². The van der Waals surface area contributed by atoms with Crippen LogP contribution in [0.15, 0.2) is 66.0 Å². The number of esters is 1. The lowest BCUT2D eigenvalue weighted by Crippen LogP contribution is -2.32. The lowest BCUT2D eigenvalue weighted by atomic mass is 10.1. The first-order valence-corrected chi connectivity index (χ1v) is 9.88. The maximum absolute atomic E-state index is 13.6. The van der Waals surface area contributed by atoms with Gasteiger partial charge in [0.15, 0.2) is 6.61 Å². The quantitative estimate of drug-likeness (QED) is 0.555. The Kier molecular flexibility index (Phi) is 7.08. The van der Waals surface area contributed by atoms with Gasteiger partial charge in [0.25, 0.3) is 5.91 Å². The zero-order chi connectivity index (χ0) is 20.6. The van der Waals surface area contributed by atoms with Crippen molar-refractivity contribution in [2.24, 2.45) is 0 Å². The number of carbonyl (C=O) groups is 2. The van der Waals surface area contributed by atoms with Crippen LogP contribution in [0.3, 0.4) is 0 Å². The largest absolute Gasteiger partial charge is 0.456 e. The van der Waals surface area contributed by atoms with Crippen LogP contribution in [0.2, 0.25) is 0 Å². The number of rotatable bonds is 8. The van der Waals surface area contributed by atoms with E-state index in [0.29, 0.717) is 11.1 Å². The molecule has 7 heteroatoms. The van der Waals surface area contributed by atoms with Gasteiger partial charge in [-0.3, -0.25) is 9.59 Å². The molecule has 29 heavy (non-hydrogen) atoms. The molecule has 1 atom stereocenters. The summed E-state index contributed by atoms with van der Waals surface area (Å²) in [6.07, 6.45) is 0.168. The third-order valence-electron chi connectivity index (χ3n) is 4.26. The molecule has 0 spiro atoms. The van der Waals surface area contributed by atoms with E-state index < -0.39 is 24.5 Å². The number of thiophene rings is 1. The van der Waals surface area contributed by atoms with Crippen LogP contribution < -0.4 is 5.32 Å². The van der Waals surface area contributed by atoms with Gasteiger partial charge >= 0.3 is 5.97 Å². The van der Waals surface area contributed by atoms with Crippen LogP contribution in [-0.4, -0.2) is 18.5 Å². The lowest BCUT2D eigenvalue weighted by molar-refractivity contribution is -0.148. The molecule has 1 N–H and O–H groups in total. The highest BCUT2D eigenvalue weighted by molar-refractivity contribution is 7.10. The third-order valence-corrected chi connectivity index (χ3v) is 5.19. The van der Waals surface area contributed by atoms with Crippen LogP contribution in [0, 0.1) is 11.6 Å². The molecule has 3 rings (SSSR count). The number of hydrogen-bond donors (Lipinski definition) is 1. The first kappa shape index (κ1) is 20.7. The summed E-state index contributed by atoms with van der Waals surface area (Å²) >= 11 is 1.45. The number of halogens is 2. The fourth-order valence-corrected chi connectivity index (χ4v) is 3.59. The molecule has 1 amide bonds. The SMILES string of the molecule is O=C(COC(=O)CCc1ccccc1F)N[C@H](c1ccc(F)cc1)c1cccs1. The fourth-order valence-electron chi connectivity index (χ4n) is 2.79. The maximum Gasteiger partial charge on any atom is 0.306 e. The number of aryl methyl sites for hydroxylation is 1. The first-order valence-electron chi connectivity index (χ1n) is 9.00. The van der Waals surface area contributed by atoms with E-state index in [1.807, 2.05) is 17.5 Å². The van der Waals surface area contributed by atoms with Gasteiger partial charge in [-0.25, -0.2) is 8.78 Å². The topological polar surface area (TPSA) is 55.4 Å². The Bertz CT molecular complexity index is 958. The van der Waals surface area contributed by atoms with E-state index in [-0.39, 0.29) is 24.5 Å². The standard InChI is InChI=1S/C22H19F2NO3S/c23-17-10-7-16(8-11-17)22(19-6-3-13-29-19)25-20(26)14-28-21(27)12-9-15-4-1-2-5-18(15)24/h1-8,10-11,13,22H,9,12,14H2,(H,25,26)/t22-/m1/s1. The molecule has 0 saturated heterocycles. The molecule has 0 aliphatic rings. The molecule has 3 aromatic rings. The first-order chi connectivity index (χ1) is 14.0. The van der Waals surface area contributed by atoms with Crippen LogP contribution in [0.4, 0.5) is 8.78 Å². The van der Waals surface area contributed by atoms with Gasteiger partial charge in [-0.1, -0.05) is 36.4 Å². The van der Waals surface area contributed by atoms with Gasteiger partial charge < -0.3 is 10.1 Å². The number of benzene rings is 2. The minimum Gasteiger partial charge on any atom is -0.456 e. The molecule has 4 nitrogen and oxygen atoms in total. The number of amides is 1. The molecule has 1 aromatic heterocycles. The Morgan fingerprint density at radius 1 is 1.00 bits per heavy atom. The normalized spacial score (nSPS) is 11.7. The van der Waals surface area contributed by atoms with Crippen molar-refractivity contribution in [2.75, 3.05) is 6.61 Å². The van der Waals surface area contributed by atoms with Gasteiger partial charge in [0.05, 0.1) is 6.04 Å². The van der Waals surface area contributed by atoms with Crippen molar-refractivity contribution in [3.63, 3.8) is 0 Å². The van der Waals surface area contributed by atoms with E-state index in [9.17, 15) is 18.4 Å². The van der Waals surface area contributed by atoms with Crippen molar-refractivity contribution in [3.05, 3.63) is 93.7 Å². The highest BCUT2D eigenvalue weighted by Crippen LogP contribution is 2.26. The second-order valence-corrected chi connectivity index (χ2v) is 7.30. The Morgan fingerprint density at radius 3 is 2.45 bits per heavy atom. The van der Waals surface area contributed by atoms with Crippen molar-refractivity contribution >= 4 is 23.2 Å². The Labute approximate surface area is 171 Å². The Hall–Kier alpha value is -3.06. The summed E-state index contributed by atoms with van der Waals surface area (Å²) in [5.74, 6) is -1.81. The smallest absolute Gasteiger partial charge is 0.306 e. The van der Waals surface area contributed by atoms with Gasteiger partial charge in [0.1, 0.15) is 11.6 Å². The predicted molar refractivity (Wildman–Crippen MR) is 106 cm³/mol. The summed E-state index contributed by atoms with van der Waals surface area (Å²) in [4.78, 5) is 25.1. The summed E-state index contributed by atoms with van der Waals surface area (Å²) in [6.45, 7) is -0.445. The summed E-state index contributed by atoms with van der Waals surface area (Å²) in [6, 6.07) is 15.3. The molecule has 0 bridgehead atoms. The second kappa shape index (κ2) is 9.93. The second-order valence-electron chi connectivity index (χ2n) is 6.32. The van der Waals surface area contributed by atoms with Gasteiger partial charge in [0, 0.05) is 11.3 Å². The molecule has 0 aliphatic carbocycles.